The number of allylic oxidation sites excluding steroid dienone is 1. The van der Waals surface area contributed by atoms with Crippen LogP contribution in [-0.2, 0) is 22.8 Å². The van der Waals surface area contributed by atoms with Crippen LogP contribution in [0, 0.1) is 13.8 Å². The molecule has 0 saturated heterocycles. The summed E-state index contributed by atoms with van der Waals surface area (Å²) in [7, 11) is 0. The minimum Gasteiger partial charge on any atom is -0.325 e. The third-order valence-electron chi connectivity index (χ3n) is 4.68. The van der Waals surface area contributed by atoms with Crippen molar-refractivity contribution in [3.05, 3.63) is 80.0 Å². The number of nitrogens with one attached hydrogen (secondary N) is 1. The van der Waals surface area contributed by atoms with Crippen LogP contribution < -0.4 is 5.32 Å². The van der Waals surface area contributed by atoms with Crippen molar-refractivity contribution < 1.29 is 4.79 Å². The average Bonchev–Trinajstić information content (AvgIpc) is 3.13. The molecule has 0 aliphatic heterocycles. The van der Waals surface area contributed by atoms with E-state index >= 15 is 0 Å². The van der Waals surface area contributed by atoms with Crippen molar-refractivity contribution in [2.24, 2.45) is 0 Å². The predicted molar refractivity (Wildman–Crippen MR) is 145 cm³/mol. The van der Waals surface area contributed by atoms with Gasteiger partial charge >= 0.3 is 0 Å². The molecular formula is C23H23BrCl2N4OS2. The van der Waals surface area contributed by atoms with E-state index in [4.69, 9.17) is 23.2 Å². The monoisotopic (exact) mass is 584 g/mol. The molecule has 0 bridgehead atoms. The van der Waals surface area contributed by atoms with Crippen molar-refractivity contribution in [2.75, 3.05) is 11.1 Å². The van der Waals surface area contributed by atoms with Crippen molar-refractivity contribution in [1.29, 1.82) is 0 Å². The molecule has 2 aromatic carbocycles. The van der Waals surface area contributed by atoms with E-state index in [0.717, 1.165) is 38.4 Å². The molecule has 1 aromatic heterocycles. The molecule has 1 amide bonds. The number of rotatable bonds is 10. The molecule has 3 rings (SSSR count). The van der Waals surface area contributed by atoms with E-state index in [-0.39, 0.29) is 11.7 Å². The molecular weight excluding hydrogens is 563 g/mol. The van der Waals surface area contributed by atoms with Gasteiger partial charge in [-0.25, -0.2) is 0 Å². The molecule has 0 atom stereocenters. The number of hydrogen-bond donors (Lipinski definition) is 1. The highest BCUT2D eigenvalue weighted by Crippen LogP contribution is 2.28. The van der Waals surface area contributed by atoms with Crippen LogP contribution in [0.4, 0.5) is 5.69 Å². The van der Waals surface area contributed by atoms with Crippen LogP contribution in [0.1, 0.15) is 22.5 Å². The Kier molecular flexibility index (Phi) is 9.76. The fourth-order valence-electron chi connectivity index (χ4n) is 3.15. The highest BCUT2D eigenvalue weighted by Gasteiger charge is 2.15. The van der Waals surface area contributed by atoms with E-state index in [9.17, 15) is 4.79 Å². The van der Waals surface area contributed by atoms with Crippen LogP contribution in [0.3, 0.4) is 0 Å². The molecule has 0 fully saturated rings. The lowest BCUT2D eigenvalue weighted by molar-refractivity contribution is -0.113. The molecule has 0 aliphatic rings. The smallest absolute Gasteiger partial charge is 0.234 e. The van der Waals surface area contributed by atoms with E-state index in [1.807, 2.05) is 42.7 Å². The van der Waals surface area contributed by atoms with Crippen LogP contribution in [0.2, 0.25) is 10.0 Å². The fraction of sp³-hybridized carbons (Fsp3) is 0.261. The van der Waals surface area contributed by atoms with Crippen molar-refractivity contribution in [3.8, 4) is 0 Å². The molecule has 0 aliphatic carbocycles. The summed E-state index contributed by atoms with van der Waals surface area (Å²) in [6, 6.07) is 9.61. The number of halogens is 3. The van der Waals surface area contributed by atoms with Gasteiger partial charge in [0.15, 0.2) is 5.16 Å². The van der Waals surface area contributed by atoms with Gasteiger partial charge in [-0.15, -0.1) is 28.5 Å². The second-order valence-corrected chi connectivity index (χ2v) is 10.9. The molecule has 0 saturated carbocycles. The zero-order chi connectivity index (χ0) is 24.0. The number of carbonyl (C=O) groups excluding carboxylic acids is 1. The number of anilines is 1. The quantitative estimate of drug-likeness (QED) is 0.199. The van der Waals surface area contributed by atoms with E-state index in [0.29, 0.717) is 27.5 Å². The van der Waals surface area contributed by atoms with Gasteiger partial charge in [0.25, 0.3) is 0 Å². The van der Waals surface area contributed by atoms with Crippen molar-refractivity contribution in [3.63, 3.8) is 0 Å². The maximum absolute atomic E-state index is 12.6. The Labute approximate surface area is 220 Å². The number of aromatic nitrogens is 3. The van der Waals surface area contributed by atoms with Crippen molar-refractivity contribution in [1.82, 2.24) is 14.8 Å². The van der Waals surface area contributed by atoms with E-state index in [1.165, 1.54) is 11.8 Å². The topological polar surface area (TPSA) is 59.8 Å². The molecule has 0 unspecified atom stereocenters. The third kappa shape index (κ3) is 7.26. The Balaban J connectivity index is 1.60. The number of aryl methyl sites for hydroxylation is 2. The van der Waals surface area contributed by atoms with Crippen LogP contribution in [-0.4, -0.2) is 26.4 Å². The molecule has 174 valence electrons. The Bertz CT molecular complexity index is 1150. The normalized spacial score (nSPS) is 10.9. The summed E-state index contributed by atoms with van der Waals surface area (Å²) in [5.74, 6) is 2.43. The lowest BCUT2D eigenvalue weighted by Crippen LogP contribution is -2.16. The van der Waals surface area contributed by atoms with Crippen molar-refractivity contribution in [2.45, 2.75) is 37.1 Å². The number of carbonyl (C=O) groups is 1. The van der Waals surface area contributed by atoms with Gasteiger partial charge in [0, 0.05) is 22.5 Å². The number of thioether (sulfide) groups is 2. The maximum atomic E-state index is 12.6. The van der Waals surface area contributed by atoms with Gasteiger partial charge in [0.1, 0.15) is 5.82 Å². The van der Waals surface area contributed by atoms with Crippen LogP contribution in [0.15, 0.2) is 52.6 Å². The van der Waals surface area contributed by atoms with Gasteiger partial charge < -0.3 is 9.88 Å². The van der Waals surface area contributed by atoms with Gasteiger partial charge in [-0.2, -0.15) is 0 Å². The molecule has 10 heteroatoms. The summed E-state index contributed by atoms with van der Waals surface area (Å²) >= 11 is 18.6. The van der Waals surface area contributed by atoms with Gasteiger partial charge in [-0.05, 0) is 54.8 Å². The first-order valence-corrected chi connectivity index (χ1v) is 13.7. The average molecular weight is 586 g/mol. The fourth-order valence-corrected chi connectivity index (χ4v) is 5.84. The standard InChI is InChI=1S/C23H23BrCl2N4OS2/c1-4-7-30-20(12-32-11-16-5-6-18(25)19(26)10-16)28-29-23(30)33-13-21(31)27-22-14(2)8-17(24)9-15(22)3/h4-6,8-10H,1,7,11-13H2,2-3H3,(H,27,31). The molecule has 5 nitrogen and oxygen atoms in total. The minimum absolute atomic E-state index is 0.0859. The van der Waals surface area contributed by atoms with Crippen LogP contribution >= 0.6 is 62.7 Å². The Morgan fingerprint density at radius 3 is 2.55 bits per heavy atom. The zero-order valence-electron chi connectivity index (χ0n) is 18.2. The number of hydrogen-bond acceptors (Lipinski definition) is 5. The second-order valence-electron chi connectivity index (χ2n) is 7.29. The summed E-state index contributed by atoms with van der Waals surface area (Å²) in [5, 5.41) is 13.4. The molecule has 0 spiro atoms. The highest BCUT2D eigenvalue weighted by atomic mass is 79.9. The summed E-state index contributed by atoms with van der Waals surface area (Å²) in [4.78, 5) is 12.6. The van der Waals surface area contributed by atoms with E-state index in [1.54, 1.807) is 23.9 Å². The maximum Gasteiger partial charge on any atom is 0.234 e. The van der Waals surface area contributed by atoms with Crippen LogP contribution in [0.25, 0.3) is 0 Å². The highest BCUT2D eigenvalue weighted by molar-refractivity contribution is 9.10. The third-order valence-corrected chi connectivity index (χ3v) is 7.85. The number of amides is 1. The lowest BCUT2D eigenvalue weighted by atomic mass is 10.1. The first-order chi connectivity index (χ1) is 15.8. The van der Waals surface area contributed by atoms with Gasteiger partial charge in [-0.1, -0.05) is 63.0 Å². The minimum atomic E-state index is -0.0859. The summed E-state index contributed by atoms with van der Waals surface area (Å²) in [6.45, 7) is 8.36. The summed E-state index contributed by atoms with van der Waals surface area (Å²) in [5.41, 5.74) is 3.96. The molecule has 3 aromatic rings. The lowest BCUT2D eigenvalue weighted by Gasteiger charge is -2.12. The molecule has 1 N–H and O–H groups in total. The largest absolute Gasteiger partial charge is 0.325 e. The van der Waals surface area contributed by atoms with E-state index in [2.05, 4.69) is 38.0 Å². The van der Waals surface area contributed by atoms with Crippen molar-refractivity contribution >= 4 is 74.3 Å². The second kappa shape index (κ2) is 12.3. The summed E-state index contributed by atoms with van der Waals surface area (Å²) in [6.07, 6.45) is 1.80. The van der Waals surface area contributed by atoms with E-state index < -0.39 is 0 Å². The van der Waals surface area contributed by atoms with Crippen LogP contribution in [0.5, 0.6) is 0 Å². The molecule has 0 radical (unpaired) electrons. The predicted octanol–water partition coefficient (Wildman–Crippen LogP) is 7.31. The first kappa shape index (κ1) is 26.2. The number of nitrogens with zero attached hydrogens (tertiary/aromatic N) is 3. The Morgan fingerprint density at radius 1 is 1.15 bits per heavy atom. The molecule has 1 heterocycles. The Morgan fingerprint density at radius 2 is 1.88 bits per heavy atom. The SMILES string of the molecule is C=CCn1c(CSCc2ccc(Cl)c(Cl)c2)nnc1SCC(=O)Nc1c(C)cc(Br)cc1C. The first-order valence-electron chi connectivity index (χ1n) is 10.0. The van der Waals surface area contributed by atoms with Gasteiger partial charge in [0.2, 0.25) is 5.91 Å². The summed E-state index contributed by atoms with van der Waals surface area (Å²) < 4.78 is 2.98. The molecule has 33 heavy (non-hydrogen) atoms. The van der Waals surface area contributed by atoms with Gasteiger partial charge in [-0.3, -0.25) is 4.79 Å². The number of benzene rings is 2. The zero-order valence-corrected chi connectivity index (χ0v) is 22.9. The Hall–Kier alpha value is -1.45. The van der Waals surface area contributed by atoms with Gasteiger partial charge in [0.05, 0.1) is 21.6 Å².